The SMILES string of the molecule is CCCCCCC(CC)C1C[C@@]2(CCN1C1CCC(C(C)C)CC1)C(=O)NC[N@+]2(c1ccccc1)C(CC)CCCCCC. The quantitative estimate of drug-likeness (QED) is 0.141. The first-order valence-electron chi connectivity index (χ1n) is 19.4. The van der Waals surface area contributed by atoms with E-state index in [2.05, 4.69) is 82.1 Å². The van der Waals surface area contributed by atoms with Crippen molar-refractivity contribution in [3.8, 4) is 0 Å². The Morgan fingerprint density at radius 1 is 0.864 bits per heavy atom. The Morgan fingerprint density at radius 2 is 1.52 bits per heavy atom. The summed E-state index contributed by atoms with van der Waals surface area (Å²) in [6, 6.07) is 13.0. The summed E-state index contributed by atoms with van der Waals surface area (Å²) in [5.74, 6) is 2.70. The molecule has 3 unspecified atom stereocenters. The lowest BCUT2D eigenvalue weighted by Crippen LogP contribution is -2.74. The van der Waals surface area contributed by atoms with Crippen LogP contribution >= 0.6 is 0 Å². The van der Waals surface area contributed by atoms with Gasteiger partial charge < -0.3 is 5.32 Å². The Labute approximate surface area is 272 Å². The van der Waals surface area contributed by atoms with Crippen LogP contribution in [-0.4, -0.2) is 47.7 Å². The number of nitrogens with zero attached hydrogens (tertiary/aromatic N) is 2. The van der Waals surface area contributed by atoms with Gasteiger partial charge in [-0.05, 0) is 81.3 Å². The van der Waals surface area contributed by atoms with Crippen LogP contribution in [0.3, 0.4) is 0 Å². The molecule has 1 saturated carbocycles. The fourth-order valence-corrected chi connectivity index (χ4v) is 10.1. The average Bonchev–Trinajstić information content (AvgIpc) is 3.32. The first-order valence-corrected chi connectivity index (χ1v) is 19.4. The summed E-state index contributed by atoms with van der Waals surface area (Å²) < 4.78 is 0.839. The van der Waals surface area contributed by atoms with Gasteiger partial charge in [0.2, 0.25) is 0 Å². The lowest BCUT2D eigenvalue weighted by Gasteiger charge is -2.57. The van der Waals surface area contributed by atoms with Crippen molar-refractivity contribution < 1.29 is 4.79 Å². The van der Waals surface area contributed by atoms with Crippen LogP contribution in [0, 0.1) is 17.8 Å². The van der Waals surface area contributed by atoms with E-state index in [1.165, 1.54) is 102 Å². The number of benzene rings is 1. The number of unbranched alkanes of at least 4 members (excludes halogenated alkanes) is 6. The van der Waals surface area contributed by atoms with Crippen LogP contribution in [0.1, 0.15) is 157 Å². The second-order valence-corrected chi connectivity index (χ2v) is 15.4. The number of amides is 1. The maximum absolute atomic E-state index is 14.5. The predicted octanol–water partition coefficient (Wildman–Crippen LogP) is 10.2. The second-order valence-electron chi connectivity index (χ2n) is 15.4. The topological polar surface area (TPSA) is 32.3 Å². The summed E-state index contributed by atoms with van der Waals surface area (Å²) in [7, 11) is 0. The molecule has 1 N–H and O–H groups in total. The van der Waals surface area contributed by atoms with Crippen molar-refractivity contribution >= 4 is 11.6 Å². The lowest BCUT2D eigenvalue weighted by molar-refractivity contribution is -0.134. The first-order chi connectivity index (χ1) is 21.4. The van der Waals surface area contributed by atoms with Crippen molar-refractivity contribution in [1.29, 1.82) is 0 Å². The van der Waals surface area contributed by atoms with Crippen molar-refractivity contribution in [3.05, 3.63) is 30.3 Å². The Hall–Kier alpha value is -1.39. The van der Waals surface area contributed by atoms with Gasteiger partial charge in [0.1, 0.15) is 5.69 Å². The van der Waals surface area contributed by atoms with E-state index in [1.54, 1.807) is 0 Å². The minimum Gasteiger partial charge on any atom is -0.303 e. The highest BCUT2D eigenvalue weighted by molar-refractivity contribution is 5.92. The first kappa shape index (κ1) is 35.5. The third-order valence-electron chi connectivity index (χ3n) is 12.8. The van der Waals surface area contributed by atoms with Crippen molar-refractivity contribution in [3.63, 3.8) is 0 Å². The number of para-hydroxylation sites is 1. The number of hydrogen-bond acceptors (Lipinski definition) is 2. The van der Waals surface area contributed by atoms with Gasteiger partial charge in [-0.15, -0.1) is 0 Å². The van der Waals surface area contributed by atoms with Gasteiger partial charge in [0, 0.05) is 31.5 Å². The molecule has 3 fully saturated rings. The molecular weight excluding hydrogens is 538 g/mol. The highest BCUT2D eigenvalue weighted by Crippen LogP contribution is 2.51. The number of piperidine rings is 1. The zero-order valence-electron chi connectivity index (χ0n) is 29.8. The molecular formula is C40H70N3O+. The van der Waals surface area contributed by atoms with E-state index in [0.29, 0.717) is 30.0 Å². The molecule has 2 heterocycles. The van der Waals surface area contributed by atoms with E-state index in [0.717, 1.165) is 48.8 Å². The summed E-state index contributed by atoms with van der Waals surface area (Å²) in [5, 5.41) is 3.55. The number of likely N-dealkylation sites (tertiary alicyclic amines) is 1. The molecule has 250 valence electrons. The van der Waals surface area contributed by atoms with E-state index in [1.807, 2.05) is 0 Å². The molecule has 44 heavy (non-hydrogen) atoms. The average molecular weight is 609 g/mol. The predicted molar refractivity (Wildman–Crippen MR) is 190 cm³/mol. The van der Waals surface area contributed by atoms with E-state index >= 15 is 0 Å². The van der Waals surface area contributed by atoms with Gasteiger partial charge in [-0.25, -0.2) is 0 Å². The molecule has 0 aromatic heterocycles. The standard InChI is InChI=1S/C40H69N3O/c1-7-11-13-16-20-33(9-3)38-30-40(28-29-42(38)35-26-24-34(25-27-35)32(5)6)39(44)41-31-43(40,37-22-18-15-19-23-37)36(10-4)21-17-14-12-8-2/h15,18-19,22-23,32-36,38H,7-14,16-17,20-21,24-31H2,1-6H3/p+1/t33?,34?,35?,36?,38?,40-,43+/m0/s1. The van der Waals surface area contributed by atoms with Gasteiger partial charge in [0.25, 0.3) is 5.91 Å². The largest absolute Gasteiger partial charge is 0.303 e. The molecule has 2 aliphatic heterocycles. The zero-order valence-corrected chi connectivity index (χ0v) is 29.8. The number of carbonyl (C=O) groups excluding carboxylic acids is 1. The van der Waals surface area contributed by atoms with Gasteiger partial charge in [0.15, 0.2) is 12.2 Å². The minimum atomic E-state index is -0.375. The summed E-state index contributed by atoms with van der Waals surface area (Å²) in [6.07, 6.45) is 22.8. The molecule has 3 aliphatic rings. The third-order valence-corrected chi connectivity index (χ3v) is 12.8. The van der Waals surface area contributed by atoms with E-state index in [4.69, 9.17) is 0 Å². The van der Waals surface area contributed by atoms with Crippen LogP contribution in [0.2, 0.25) is 0 Å². The summed E-state index contributed by atoms with van der Waals surface area (Å²) in [6.45, 7) is 16.2. The minimum absolute atomic E-state index is 0.349. The fourth-order valence-electron chi connectivity index (χ4n) is 10.1. The molecule has 4 rings (SSSR count). The molecule has 1 aromatic carbocycles. The summed E-state index contributed by atoms with van der Waals surface area (Å²) in [4.78, 5) is 17.5. The van der Waals surface area contributed by atoms with Crippen molar-refractivity contribution in [1.82, 2.24) is 14.7 Å². The molecule has 0 radical (unpaired) electrons. The monoisotopic (exact) mass is 609 g/mol. The van der Waals surface area contributed by atoms with Gasteiger partial charge >= 0.3 is 0 Å². The highest BCUT2D eigenvalue weighted by atomic mass is 16.2. The summed E-state index contributed by atoms with van der Waals surface area (Å²) in [5.41, 5.74) is 0.994. The van der Waals surface area contributed by atoms with E-state index in [9.17, 15) is 4.79 Å². The molecule has 0 bridgehead atoms. The van der Waals surface area contributed by atoms with Crippen LogP contribution < -0.4 is 9.80 Å². The molecule has 4 nitrogen and oxygen atoms in total. The Bertz CT molecular complexity index is 972. The van der Waals surface area contributed by atoms with Crippen LogP contribution in [0.25, 0.3) is 0 Å². The van der Waals surface area contributed by atoms with Crippen LogP contribution in [-0.2, 0) is 4.79 Å². The van der Waals surface area contributed by atoms with Crippen LogP contribution in [0.5, 0.6) is 0 Å². The van der Waals surface area contributed by atoms with Gasteiger partial charge in [0.05, 0.1) is 6.04 Å². The highest BCUT2D eigenvalue weighted by Gasteiger charge is 2.67. The number of quaternary nitrogens is 1. The molecule has 4 heteroatoms. The van der Waals surface area contributed by atoms with Crippen molar-refractivity contribution in [2.24, 2.45) is 17.8 Å². The number of carbonyl (C=O) groups is 1. The van der Waals surface area contributed by atoms with Crippen molar-refractivity contribution in [2.45, 2.75) is 181 Å². The van der Waals surface area contributed by atoms with E-state index in [-0.39, 0.29) is 5.54 Å². The van der Waals surface area contributed by atoms with Gasteiger partial charge in [-0.1, -0.05) is 111 Å². The van der Waals surface area contributed by atoms with E-state index < -0.39 is 0 Å². The number of rotatable bonds is 17. The van der Waals surface area contributed by atoms with Gasteiger partial charge in [-0.3, -0.25) is 14.2 Å². The number of nitrogens with one attached hydrogen (secondary N) is 1. The van der Waals surface area contributed by atoms with Gasteiger partial charge in [-0.2, -0.15) is 0 Å². The Kier molecular flexibility index (Phi) is 13.7. The normalized spacial score (nSPS) is 31.0. The molecule has 1 aliphatic carbocycles. The maximum Gasteiger partial charge on any atom is 0.286 e. The second kappa shape index (κ2) is 17.0. The molecule has 2 saturated heterocycles. The van der Waals surface area contributed by atoms with Crippen LogP contribution in [0.15, 0.2) is 30.3 Å². The fraction of sp³-hybridized carbons (Fsp3) is 0.825. The molecule has 1 aromatic rings. The molecule has 1 amide bonds. The lowest BCUT2D eigenvalue weighted by atomic mass is 9.71. The smallest absolute Gasteiger partial charge is 0.286 e. The van der Waals surface area contributed by atoms with Crippen LogP contribution in [0.4, 0.5) is 5.69 Å². The zero-order chi connectivity index (χ0) is 31.6. The Morgan fingerprint density at radius 3 is 2.11 bits per heavy atom. The Balaban J connectivity index is 1.72. The third kappa shape index (κ3) is 7.43. The maximum atomic E-state index is 14.5. The molecule has 1 spiro atoms. The van der Waals surface area contributed by atoms with Crippen molar-refractivity contribution in [2.75, 3.05) is 13.2 Å². The number of hydrogen-bond donors (Lipinski definition) is 1. The summed E-state index contributed by atoms with van der Waals surface area (Å²) >= 11 is 0. The molecule has 5 atom stereocenters.